The lowest BCUT2D eigenvalue weighted by Gasteiger charge is -2.24. The molecule has 0 saturated heterocycles. The first kappa shape index (κ1) is 13.9. The minimum atomic E-state index is -0.155. The van der Waals surface area contributed by atoms with Crippen molar-refractivity contribution in [2.75, 3.05) is 0 Å². The van der Waals surface area contributed by atoms with Gasteiger partial charge in [-0.1, -0.05) is 12.5 Å². The van der Waals surface area contributed by atoms with Crippen LogP contribution in [0.1, 0.15) is 36.6 Å². The van der Waals surface area contributed by atoms with Gasteiger partial charge >= 0.3 is 0 Å². The van der Waals surface area contributed by atoms with Crippen molar-refractivity contribution in [1.82, 2.24) is 18.9 Å². The number of hydrogen-bond donors (Lipinski definition) is 0. The van der Waals surface area contributed by atoms with Gasteiger partial charge in [0.1, 0.15) is 5.65 Å². The molecule has 0 N–H and O–H groups in total. The fourth-order valence-corrected chi connectivity index (χ4v) is 2.84. The molecule has 0 bridgehead atoms. The monoisotopic (exact) mass is 308 g/mol. The third kappa shape index (κ3) is 2.56. The topological polar surface area (TPSA) is 69.3 Å². The van der Waals surface area contributed by atoms with Gasteiger partial charge in [0.05, 0.1) is 24.3 Å². The molecule has 3 aromatic rings. The highest BCUT2D eigenvalue weighted by atomic mass is 16.1. The second-order valence-corrected chi connectivity index (χ2v) is 5.92. The number of rotatable bonds is 3. The normalized spacial score (nSPS) is 14.8. The molecule has 0 unspecified atom stereocenters. The van der Waals surface area contributed by atoms with Crippen LogP contribution in [0.3, 0.4) is 0 Å². The molecule has 0 spiro atoms. The van der Waals surface area contributed by atoms with Crippen LogP contribution in [0.4, 0.5) is 0 Å². The van der Waals surface area contributed by atoms with E-state index in [-0.39, 0.29) is 17.7 Å². The second kappa shape index (κ2) is 5.46. The van der Waals surface area contributed by atoms with Crippen LogP contribution in [0, 0.1) is 0 Å². The molecule has 3 heterocycles. The Labute approximate surface area is 132 Å². The van der Waals surface area contributed by atoms with Crippen LogP contribution in [-0.2, 0) is 6.54 Å². The SMILES string of the molecule is O=c1cc(C2CCC2)ncn1Cc1cc(=O)n2ccccc2n1. The summed E-state index contributed by atoms with van der Waals surface area (Å²) in [5, 5.41) is 0. The molecule has 1 fully saturated rings. The smallest absolute Gasteiger partial charge is 0.258 e. The predicted octanol–water partition coefficient (Wildman–Crippen LogP) is 1.57. The fraction of sp³-hybridized carbons (Fsp3) is 0.294. The van der Waals surface area contributed by atoms with Gasteiger partial charge in [-0.3, -0.25) is 18.6 Å². The Morgan fingerprint density at radius 3 is 2.74 bits per heavy atom. The van der Waals surface area contributed by atoms with Crippen LogP contribution in [0.25, 0.3) is 5.65 Å². The van der Waals surface area contributed by atoms with E-state index in [1.165, 1.54) is 21.5 Å². The first-order chi connectivity index (χ1) is 11.2. The predicted molar refractivity (Wildman–Crippen MR) is 85.7 cm³/mol. The first-order valence-electron chi connectivity index (χ1n) is 7.74. The average molecular weight is 308 g/mol. The third-order valence-electron chi connectivity index (χ3n) is 4.38. The van der Waals surface area contributed by atoms with Gasteiger partial charge < -0.3 is 0 Å². The molecule has 1 aliphatic rings. The van der Waals surface area contributed by atoms with Crippen molar-refractivity contribution in [2.24, 2.45) is 0 Å². The molecular weight excluding hydrogens is 292 g/mol. The highest BCUT2D eigenvalue weighted by Gasteiger charge is 2.21. The Bertz CT molecular complexity index is 986. The van der Waals surface area contributed by atoms with Crippen molar-refractivity contribution < 1.29 is 0 Å². The molecule has 1 aliphatic carbocycles. The van der Waals surface area contributed by atoms with Crippen LogP contribution in [0.2, 0.25) is 0 Å². The first-order valence-corrected chi connectivity index (χ1v) is 7.74. The molecule has 3 aromatic heterocycles. The van der Waals surface area contributed by atoms with Gasteiger partial charge in [-0.25, -0.2) is 9.97 Å². The summed E-state index contributed by atoms with van der Waals surface area (Å²) in [5.74, 6) is 0.431. The quantitative estimate of drug-likeness (QED) is 0.736. The lowest BCUT2D eigenvalue weighted by atomic mass is 9.83. The average Bonchev–Trinajstić information content (AvgIpc) is 2.48. The Morgan fingerprint density at radius 1 is 1.13 bits per heavy atom. The van der Waals surface area contributed by atoms with E-state index in [0.29, 0.717) is 17.3 Å². The Morgan fingerprint density at radius 2 is 2.00 bits per heavy atom. The Kier molecular flexibility index (Phi) is 3.29. The number of aromatic nitrogens is 4. The van der Waals surface area contributed by atoms with Crippen molar-refractivity contribution in [1.29, 1.82) is 0 Å². The highest BCUT2D eigenvalue weighted by molar-refractivity contribution is 5.38. The third-order valence-corrected chi connectivity index (χ3v) is 4.38. The van der Waals surface area contributed by atoms with E-state index in [4.69, 9.17) is 0 Å². The van der Waals surface area contributed by atoms with Crippen LogP contribution in [0.15, 0.2) is 52.4 Å². The summed E-state index contributed by atoms with van der Waals surface area (Å²) in [6.45, 7) is 0.247. The van der Waals surface area contributed by atoms with Crippen molar-refractivity contribution >= 4 is 5.65 Å². The van der Waals surface area contributed by atoms with E-state index in [1.807, 2.05) is 6.07 Å². The second-order valence-electron chi connectivity index (χ2n) is 5.92. The number of hydrogen-bond acceptors (Lipinski definition) is 4. The minimum absolute atomic E-state index is 0.100. The molecule has 6 heteroatoms. The summed E-state index contributed by atoms with van der Waals surface area (Å²) >= 11 is 0. The van der Waals surface area contributed by atoms with Crippen LogP contribution in [-0.4, -0.2) is 18.9 Å². The summed E-state index contributed by atoms with van der Waals surface area (Å²) in [6.07, 6.45) is 6.67. The molecule has 1 saturated carbocycles. The number of pyridine rings is 1. The van der Waals surface area contributed by atoms with Gasteiger partial charge in [0.25, 0.3) is 11.1 Å². The molecule has 0 aliphatic heterocycles. The maximum Gasteiger partial charge on any atom is 0.258 e. The number of nitrogens with zero attached hydrogens (tertiary/aromatic N) is 4. The van der Waals surface area contributed by atoms with Crippen LogP contribution in [0.5, 0.6) is 0 Å². The van der Waals surface area contributed by atoms with Gasteiger partial charge in [0.2, 0.25) is 0 Å². The summed E-state index contributed by atoms with van der Waals surface area (Å²) in [5.41, 5.74) is 1.75. The van der Waals surface area contributed by atoms with Gasteiger partial charge in [0, 0.05) is 24.2 Å². The molecule has 0 aromatic carbocycles. The molecular formula is C17H16N4O2. The summed E-state index contributed by atoms with van der Waals surface area (Å²) in [6, 6.07) is 8.44. The molecule has 23 heavy (non-hydrogen) atoms. The molecule has 0 amide bonds. The molecule has 116 valence electrons. The maximum atomic E-state index is 12.2. The molecule has 4 rings (SSSR count). The zero-order valence-corrected chi connectivity index (χ0v) is 12.6. The Balaban J connectivity index is 1.67. The van der Waals surface area contributed by atoms with E-state index >= 15 is 0 Å². The van der Waals surface area contributed by atoms with Gasteiger partial charge in [-0.05, 0) is 25.0 Å². The van der Waals surface area contributed by atoms with Crippen molar-refractivity contribution in [3.63, 3.8) is 0 Å². The van der Waals surface area contributed by atoms with E-state index in [0.717, 1.165) is 18.5 Å². The lowest BCUT2D eigenvalue weighted by molar-refractivity contribution is 0.409. The van der Waals surface area contributed by atoms with Crippen molar-refractivity contribution in [2.45, 2.75) is 31.7 Å². The van der Waals surface area contributed by atoms with Crippen LogP contribution >= 0.6 is 0 Å². The highest BCUT2D eigenvalue weighted by Crippen LogP contribution is 2.34. The van der Waals surface area contributed by atoms with Gasteiger partial charge in [0.15, 0.2) is 0 Å². The zero-order chi connectivity index (χ0) is 15.8. The van der Waals surface area contributed by atoms with Crippen LogP contribution < -0.4 is 11.1 Å². The van der Waals surface area contributed by atoms with E-state index in [2.05, 4.69) is 9.97 Å². The molecule has 0 radical (unpaired) electrons. The lowest BCUT2D eigenvalue weighted by Crippen LogP contribution is -2.25. The fourth-order valence-electron chi connectivity index (χ4n) is 2.84. The Hall–Kier alpha value is -2.76. The van der Waals surface area contributed by atoms with E-state index in [1.54, 1.807) is 30.7 Å². The summed E-state index contributed by atoms with van der Waals surface area (Å²) in [4.78, 5) is 33.2. The molecule has 6 nitrogen and oxygen atoms in total. The maximum absolute atomic E-state index is 12.2. The zero-order valence-electron chi connectivity index (χ0n) is 12.6. The van der Waals surface area contributed by atoms with E-state index < -0.39 is 0 Å². The summed E-state index contributed by atoms with van der Waals surface area (Å²) < 4.78 is 2.97. The van der Waals surface area contributed by atoms with E-state index in [9.17, 15) is 9.59 Å². The largest absolute Gasteiger partial charge is 0.293 e. The van der Waals surface area contributed by atoms with Gasteiger partial charge in [-0.2, -0.15) is 0 Å². The van der Waals surface area contributed by atoms with Crippen molar-refractivity contribution in [3.8, 4) is 0 Å². The summed E-state index contributed by atoms with van der Waals surface area (Å²) in [7, 11) is 0. The van der Waals surface area contributed by atoms with Gasteiger partial charge in [-0.15, -0.1) is 0 Å². The molecule has 0 atom stereocenters. The minimum Gasteiger partial charge on any atom is -0.293 e. The standard InChI is InChI=1S/C17H16N4O2/c22-16-9-14(12-4-3-5-12)18-11-20(16)10-13-8-17(23)21-7-2-1-6-15(21)19-13/h1-2,6-9,11-12H,3-5,10H2. The number of fused-ring (bicyclic) bond motifs is 1. The van der Waals surface area contributed by atoms with Crippen molar-refractivity contribution in [3.05, 3.63) is 75.0 Å².